The Balaban J connectivity index is 2.31. The minimum absolute atomic E-state index is 0.0202. The van der Waals surface area contributed by atoms with Crippen molar-refractivity contribution < 1.29 is 19.1 Å². The normalized spacial score (nSPS) is 15.4. The molecule has 1 aliphatic carbocycles. The van der Waals surface area contributed by atoms with Crippen molar-refractivity contribution in [3.63, 3.8) is 0 Å². The van der Waals surface area contributed by atoms with Gasteiger partial charge in [0.25, 0.3) is 0 Å². The zero-order valence-corrected chi connectivity index (χ0v) is 20.4. The summed E-state index contributed by atoms with van der Waals surface area (Å²) in [6, 6.07) is 6.24. The molecule has 2 atom stereocenters. The molecule has 7 heteroatoms. The molecule has 0 saturated heterocycles. The maximum absolute atomic E-state index is 13.4. The Bertz CT molecular complexity index is 863. The van der Waals surface area contributed by atoms with Crippen LogP contribution in [0, 0.1) is 12.3 Å². The summed E-state index contributed by atoms with van der Waals surface area (Å²) in [5.74, 6) is 2.02. The second-order valence-electron chi connectivity index (χ2n) is 9.61. The highest BCUT2D eigenvalue weighted by atomic mass is 16.6. The van der Waals surface area contributed by atoms with Gasteiger partial charge in [-0.15, -0.1) is 6.42 Å². The van der Waals surface area contributed by atoms with Gasteiger partial charge in [0, 0.05) is 17.6 Å². The molecule has 2 unspecified atom stereocenters. The number of alkyl carbamates (subject to hydrolysis) is 1. The molecule has 1 saturated carbocycles. The summed E-state index contributed by atoms with van der Waals surface area (Å²) in [6.07, 6.45) is 9.22. The van der Waals surface area contributed by atoms with Crippen LogP contribution < -0.4 is 10.6 Å². The molecule has 7 nitrogen and oxygen atoms in total. The van der Waals surface area contributed by atoms with Crippen LogP contribution in [0.5, 0.6) is 0 Å². The Labute approximate surface area is 197 Å². The second kappa shape index (κ2) is 11.7. The molecule has 0 heterocycles. The van der Waals surface area contributed by atoms with E-state index in [0.717, 1.165) is 32.1 Å². The van der Waals surface area contributed by atoms with E-state index in [9.17, 15) is 14.4 Å². The molecule has 1 fully saturated rings. The molecule has 0 radical (unpaired) electrons. The van der Waals surface area contributed by atoms with Crippen LogP contribution in [0.3, 0.4) is 0 Å². The van der Waals surface area contributed by atoms with E-state index in [1.165, 1.54) is 0 Å². The van der Waals surface area contributed by atoms with Crippen LogP contribution in [0.15, 0.2) is 24.3 Å². The standard InChI is InChI=1S/C26H37N3O4/c1-7-10-18(3)28-24(31)23(20-15-13-19(8-2)14-16-20)29(21-11-9-12-21)22(30)17-27-25(32)33-26(4,5)6/h2,13-16,18,21,23H,7,9-12,17H2,1,3-6H3,(H,27,32)(H,28,31). The number of hydrogen-bond donors (Lipinski definition) is 2. The third-order valence-electron chi connectivity index (χ3n) is 5.57. The first-order valence-corrected chi connectivity index (χ1v) is 11.7. The van der Waals surface area contributed by atoms with Gasteiger partial charge in [-0.1, -0.05) is 31.4 Å². The van der Waals surface area contributed by atoms with Crippen molar-refractivity contribution in [3.8, 4) is 12.3 Å². The van der Waals surface area contributed by atoms with E-state index >= 15 is 0 Å². The summed E-state index contributed by atoms with van der Waals surface area (Å²) >= 11 is 0. The number of terminal acetylenes is 1. The topological polar surface area (TPSA) is 87.7 Å². The van der Waals surface area contributed by atoms with Gasteiger partial charge in [-0.25, -0.2) is 4.79 Å². The second-order valence-corrected chi connectivity index (χ2v) is 9.61. The Morgan fingerprint density at radius 1 is 1.21 bits per heavy atom. The zero-order valence-electron chi connectivity index (χ0n) is 20.4. The number of rotatable bonds is 9. The molecule has 3 amide bonds. The van der Waals surface area contributed by atoms with Crippen molar-refractivity contribution in [2.45, 2.75) is 90.4 Å². The fourth-order valence-electron chi connectivity index (χ4n) is 3.80. The molecule has 1 aromatic carbocycles. The predicted molar refractivity (Wildman–Crippen MR) is 128 cm³/mol. The summed E-state index contributed by atoms with van der Waals surface area (Å²) in [7, 11) is 0. The van der Waals surface area contributed by atoms with Gasteiger partial charge in [-0.2, -0.15) is 0 Å². The quantitative estimate of drug-likeness (QED) is 0.553. The lowest BCUT2D eigenvalue weighted by molar-refractivity contribution is -0.145. The maximum Gasteiger partial charge on any atom is 0.408 e. The average molecular weight is 456 g/mol. The SMILES string of the molecule is C#Cc1ccc(C(C(=O)NC(C)CCC)N(C(=O)CNC(=O)OC(C)(C)C)C2CCC2)cc1. The Kier molecular flexibility index (Phi) is 9.33. The van der Waals surface area contributed by atoms with Crippen LogP contribution in [-0.4, -0.2) is 47.0 Å². The number of nitrogens with zero attached hydrogens (tertiary/aromatic N) is 1. The van der Waals surface area contributed by atoms with Crippen molar-refractivity contribution in [1.29, 1.82) is 0 Å². The highest BCUT2D eigenvalue weighted by Crippen LogP contribution is 2.33. The lowest BCUT2D eigenvalue weighted by Gasteiger charge is -2.42. The average Bonchev–Trinajstić information content (AvgIpc) is 2.69. The number of carbonyl (C=O) groups excluding carboxylic acids is 3. The minimum atomic E-state index is -0.811. The molecule has 2 N–H and O–H groups in total. The van der Waals surface area contributed by atoms with Gasteiger partial charge in [-0.3, -0.25) is 9.59 Å². The summed E-state index contributed by atoms with van der Waals surface area (Å²) < 4.78 is 5.25. The first-order valence-electron chi connectivity index (χ1n) is 11.7. The lowest BCUT2D eigenvalue weighted by atomic mass is 9.88. The summed E-state index contributed by atoms with van der Waals surface area (Å²) in [6.45, 7) is 9.04. The molecule has 0 aliphatic heterocycles. The highest BCUT2D eigenvalue weighted by molar-refractivity contribution is 5.91. The van der Waals surface area contributed by atoms with Gasteiger partial charge in [0.2, 0.25) is 11.8 Å². The van der Waals surface area contributed by atoms with E-state index < -0.39 is 17.7 Å². The summed E-state index contributed by atoms with van der Waals surface area (Å²) in [5, 5.41) is 5.59. The molecule has 180 valence electrons. The summed E-state index contributed by atoms with van der Waals surface area (Å²) in [4.78, 5) is 40.5. The molecule has 1 aliphatic rings. The molecular weight excluding hydrogens is 418 g/mol. The van der Waals surface area contributed by atoms with Crippen LogP contribution in [0.25, 0.3) is 0 Å². The third kappa shape index (κ3) is 7.81. The number of hydrogen-bond acceptors (Lipinski definition) is 4. The number of ether oxygens (including phenoxy) is 1. The largest absolute Gasteiger partial charge is 0.444 e. The van der Waals surface area contributed by atoms with Gasteiger partial charge >= 0.3 is 6.09 Å². The Hall–Kier alpha value is -3.01. The zero-order chi connectivity index (χ0) is 24.6. The predicted octanol–water partition coefficient (Wildman–Crippen LogP) is 3.92. The van der Waals surface area contributed by atoms with E-state index in [1.54, 1.807) is 49.9 Å². The van der Waals surface area contributed by atoms with Crippen molar-refractivity contribution >= 4 is 17.9 Å². The van der Waals surface area contributed by atoms with Gasteiger partial charge in [0.15, 0.2) is 0 Å². The van der Waals surface area contributed by atoms with Gasteiger partial charge in [-0.05, 0) is 71.1 Å². The van der Waals surface area contributed by atoms with Crippen molar-refractivity contribution in [3.05, 3.63) is 35.4 Å². The van der Waals surface area contributed by atoms with E-state index in [0.29, 0.717) is 11.1 Å². The van der Waals surface area contributed by atoms with Gasteiger partial charge in [0.05, 0.1) is 0 Å². The van der Waals surface area contributed by atoms with E-state index in [1.807, 2.05) is 6.92 Å². The van der Waals surface area contributed by atoms with E-state index in [4.69, 9.17) is 11.2 Å². The lowest BCUT2D eigenvalue weighted by Crippen LogP contribution is -2.54. The number of amides is 3. The molecule has 1 aromatic rings. The van der Waals surface area contributed by atoms with Crippen LogP contribution in [0.2, 0.25) is 0 Å². The first-order chi connectivity index (χ1) is 15.6. The highest BCUT2D eigenvalue weighted by Gasteiger charge is 2.39. The molecule has 2 rings (SSSR count). The van der Waals surface area contributed by atoms with Crippen LogP contribution in [-0.2, 0) is 14.3 Å². The van der Waals surface area contributed by atoms with Gasteiger partial charge < -0.3 is 20.3 Å². The number of benzene rings is 1. The molecule has 0 bridgehead atoms. The Morgan fingerprint density at radius 3 is 2.33 bits per heavy atom. The number of nitrogens with one attached hydrogen (secondary N) is 2. The Morgan fingerprint density at radius 2 is 1.85 bits per heavy atom. The molecule has 0 aromatic heterocycles. The minimum Gasteiger partial charge on any atom is -0.444 e. The van der Waals surface area contributed by atoms with Crippen molar-refractivity contribution in [2.75, 3.05) is 6.54 Å². The molecular formula is C26H37N3O4. The maximum atomic E-state index is 13.4. The van der Waals surface area contributed by atoms with Gasteiger partial charge in [0.1, 0.15) is 18.2 Å². The molecule has 0 spiro atoms. The van der Waals surface area contributed by atoms with Crippen LogP contribution >= 0.6 is 0 Å². The van der Waals surface area contributed by atoms with Crippen molar-refractivity contribution in [1.82, 2.24) is 15.5 Å². The first kappa shape index (κ1) is 26.2. The fourth-order valence-corrected chi connectivity index (χ4v) is 3.80. The third-order valence-corrected chi connectivity index (χ3v) is 5.57. The summed E-state index contributed by atoms with van der Waals surface area (Å²) in [5.41, 5.74) is 0.718. The van der Waals surface area contributed by atoms with E-state index in [-0.39, 0.29) is 30.4 Å². The smallest absolute Gasteiger partial charge is 0.408 e. The van der Waals surface area contributed by atoms with E-state index in [2.05, 4.69) is 23.5 Å². The monoisotopic (exact) mass is 455 g/mol. The van der Waals surface area contributed by atoms with Crippen LogP contribution in [0.4, 0.5) is 4.79 Å². The number of carbonyl (C=O) groups is 3. The molecule has 33 heavy (non-hydrogen) atoms. The fraction of sp³-hybridized carbons (Fsp3) is 0.577. The van der Waals surface area contributed by atoms with Crippen LogP contribution in [0.1, 0.15) is 83.9 Å². The van der Waals surface area contributed by atoms with Crippen molar-refractivity contribution in [2.24, 2.45) is 0 Å².